The second-order valence-electron chi connectivity index (χ2n) is 4.17. The van der Waals surface area contributed by atoms with E-state index in [4.69, 9.17) is 0 Å². The summed E-state index contributed by atoms with van der Waals surface area (Å²) >= 11 is 1.79. The second-order valence-corrected chi connectivity index (χ2v) is 5.22. The number of hydrogen-bond donors (Lipinski definition) is 0. The fourth-order valence-corrected chi connectivity index (χ4v) is 2.54. The zero-order valence-electron chi connectivity index (χ0n) is 10.8. The number of methoxy groups -OCH3 is 1. The molecular weight excluding hydrogens is 256 g/mol. The molecule has 0 atom stereocenters. The monoisotopic (exact) mass is 272 g/mol. The summed E-state index contributed by atoms with van der Waals surface area (Å²) in [6.45, 7) is 0. The molecule has 0 N–H and O–H groups in total. The van der Waals surface area contributed by atoms with Crippen LogP contribution < -0.4 is 0 Å². The molecule has 0 radical (unpaired) electrons. The largest absolute Gasteiger partial charge is 0.469 e. The third-order valence-electron chi connectivity index (χ3n) is 2.75. The molecule has 0 aromatic heterocycles. The molecule has 0 aliphatic heterocycles. The molecule has 0 bridgehead atoms. The van der Waals surface area contributed by atoms with Gasteiger partial charge in [0.25, 0.3) is 0 Å². The van der Waals surface area contributed by atoms with E-state index in [0.29, 0.717) is 6.42 Å². The van der Waals surface area contributed by atoms with E-state index in [1.807, 2.05) is 30.3 Å². The number of thioether (sulfide) groups is 1. The smallest absolute Gasteiger partial charge is 0.309 e. The summed E-state index contributed by atoms with van der Waals surface area (Å²) in [5.74, 6) is 0.752. The summed E-state index contributed by atoms with van der Waals surface area (Å²) in [5.41, 5.74) is 2.29. The van der Waals surface area contributed by atoms with E-state index in [-0.39, 0.29) is 5.97 Å². The van der Waals surface area contributed by atoms with Gasteiger partial charge < -0.3 is 4.74 Å². The van der Waals surface area contributed by atoms with E-state index in [1.54, 1.807) is 11.8 Å². The van der Waals surface area contributed by atoms with Gasteiger partial charge in [-0.2, -0.15) is 0 Å². The van der Waals surface area contributed by atoms with E-state index in [9.17, 15) is 4.79 Å². The highest BCUT2D eigenvalue weighted by molar-refractivity contribution is 7.98. The molecule has 0 saturated carbocycles. The Bertz CT molecular complexity index is 520. The Kier molecular flexibility index (Phi) is 5.04. The predicted octanol–water partition coefficient (Wildman–Crippen LogP) is 3.69. The highest BCUT2D eigenvalue weighted by Crippen LogP contribution is 2.23. The molecule has 98 valence electrons. The van der Waals surface area contributed by atoms with Gasteiger partial charge in [0.1, 0.15) is 0 Å². The first kappa shape index (κ1) is 13.7. The summed E-state index contributed by atoms with van der Waals surface area (Å²) in [6.07, 6.45) is 0.333. The van der Waals surface area contributed by atoms with Crippen LogP contribution in [-0.2, 0) is 21.7 Å². The van der Waals surface area contributed by atoms with Crippen molar-refractivity contribution in [3.63, 3.8) is 0 Å². The summed E-state index contributed by atoms with van der Waals surface area (Å²) in [4.78, 5) is 12.4. The van der Waals surface area contributed by atoms with E-state index in [0.717, 1.165) is 11.3 Å². The summed E-state index contributed by atoms with van der Waals surface area (Å²) < 4.78 is 4.65. The Labute approximate surface area is 117 Å². The fraction of sp³-hybridized carbons (Fsp3) is 0.188. The number of benzene rings is 2. The van der Waals surface area contributed by atoms with E-state index in [2.05, 4.69) is 29.0 Å². The number of carbonyl (C=O) groups excluding carboxylic acids is 1. The number of hydrogen-bond acceptors (Lipinski definition) is 3. The maximum absolute atomic E-state index is 11.1. The van der Waals surface area contributed by atoms with Gasteiger partial charge in [-0.25, -0.2) is 0 Å². The normalized spacial score (nSPS) is 10.2. The Morgan fingerprint density at radius 3 is 2.32 bits per heavy atom. The third-order valence-corrected chi connectivity index (χ3v) is 3.83. The fourth-order valence-electron chi connectivity index (χ4n) is 1.68. The Balaban J connectivity index is 1.90. The lowest BCUT2D eigenvalue weighted by atomic mass is 10.2. The molecule has 0 heterocycles. The van der Waals surface area contributed by atoms with Crippen LogP contribution >= 0.6 is 11.8 Å². The average molecular weight is 272 g/mol. The second kappa shape index (κ2) is 7.00. The highest BCUT2D eigenvalue weighted by Gasteiger charge is 2.02. The molecule has 2 nitrogen and oxygen atoms in total. The van der Waals surface area contributed by atoms with Gasteiger partial charge in [-0.3, -0.25) is 4.79 Å². The lowest BCUT2D eigenvalue weighted by Crippen LogP contribution is -2.03. The first-order valence-electron chi connectivity index (χ1n) is 6.10. The van der Waals surface area contributed by atoms with Crippen LogP contribution in [0.1, 0.15) is 11.1 Å². The van der Waals surface area contributed by atoms with Gasteiger partial charge in [0.05, 0.1) is 13.5 Å². The van der Waals surface area contributed by atoms with E-state index >= 15 is 0 Å². The SMILES string of the molecule is COC(=O)Cc1ccc(SCc2ccccc2)cc1. The Morgan fingerprint density at radius 1 is 1.00 bits per heavy atom. The molecular formula is C16H16O2S. The molecule has 19 heavy (non-hydrogen) atoms. The van der Waals surface area contributed by atoms with Crippen molar-refractivity contribution in [1.29, 1.82) is 0 Å². The molecule has 3 heteroatoms. The molecule has 2 aromatic rings. The number of ether oxygens (including phenoxy) is 1. The minimum absolute atomic E-state index is 0.204. The van der Waals surface area contributed by atoms with Gasteiger partial charge in [-0.1, -0.05) is 42.5 Å². The van der Waals surface area contributed by atoms with Crippen molar-refractivity contribution in [2.45, 2.75) is 17.1 Å². The van der Waals surface area contributed by atoms with Crippen molar-refractivity contribution in [1.82, 2.24) is 0 Å². The molecule has 2 rings (SSSR count). The molecule has 0 aliphatic carbocycles. The third kappa shape index (κ3) is 4.45. The van der Waals surface area contributed by atoms with Crippen LogP contribution in [0.4, 0.5) is 0 Å². The van der Waals surface area contributed by atoms with Crippen LogP contribution in [0.15, 0.2) is 59.5 Å². The number of carbonyl (C=O) groups is 1. The van der Waals surface area contributed by atoms with Crippen LogP contribution in [-0.4, -0.2) is 13.1 Å². The standard InChI is InChI=1S/C16H16O2S/c1-18-16(17)11-13-7-9-15(10-8-13)19-12-14-5-3-2-4-6-14/h2-10H,11-12H2,1H3. The summed E-state index contributed by atoms with van der Waals surface area (Å²) in [6, 6.07) is 18.4. The van der Waals surface area contributed by atoms with Crippen LogP contribution in [0.3, 0.4) is 0 Å². The van der Waals surface area contributed by atoms with Gasteiger partial charge >= 0.3 is 5.97 Å². The molecule has 0 spiro atoms. The molecule has 2 aromatic carbocycles. The lowest BCUT2D eigenvalue weighted by molar-refractivity contribution is -0.139. The Morgan fingerprint density at radius 2 is 1.68 bits per heavy atom. The van der Waals surface area contributed by atoms with Crippen LogP contribution in [0.2, 0.25) is 0 Å². The van der Waals surface area contributed by atoms with Gasteiger partial charge in [-0.05, 0) is 23.3 Å². The lowest BCUT2D eigenvalue weighted by Gasteiger charge is -2.04. The molecule has 0 aliphatic rings. The minimum atomic E-state index is -0.204. The van der Waals surface area contributed by atoms with Gasteiger partial charge in [0, 0.05) is 10.6 Å². The predicted molar refractivity (Wildman–Crippen MR) is 78.2 cm³/mol. The van der Waals surface area contributed by atoms with Crippen molar-refractivity contribution in [2.75, 3.05) is 7.11 Å². The van der Waals surface area contributed by atoms with E-state index in [1.165, 1.54) is 17.6 Å². The zero-order valence-corrected chi connectivity index (χ0v) is 11.7. The highest BCUT2D eigenvalue weighted by atomic mass is 32.2. The minimum Gasteiger partial charge on any atom is -0.469 e. The maximum atomic E-state index is 11.1. The van der Waals surface area contributed by atoms with E-state index < -0.39 is 0 Å². The van der Waals surface area contributed by atoms with Crippen molar-refractivity contribution in [3.05, 3.63) is 65.7 Å². The van der Waals surface area contributed by atoms with Crippen LogP contribution in [0.25, 0.3) is 0 Å². The van der Waals surface area contributed by atoms with Gasteiger partial charge in [0.2, 0.25) is 0 Å². The average Bonchev–Trinajstić information content (AvgIpc) is 2.47. The Hall–Kier alpha value is -1.74. The molecule has 0 saturated heterocycles. The summed E-state index contributed by atoms with van der Waals surface area (Å²) in [7, 11) is 1.41. The number of esters is 1. The summed E-state index contributed by atoms with van der Waals surface area (Å²) in [5, 5.41) is 0. The van der Waals surface area contributed by atoms with Crippen molar-refractivity contribution in [3.8, 4) is 0 Å². The molecule has 0 amide bonds. The topological polar surface area (TPSA) is 26.3 Å². The number of rotatable bonds is 5. The quantitative estimate of drug-likeness (QED) is 0.613. The molecule has 0 unspecified atom stereocenters. The van der Waals surface area contributed by atoms with Crippen LogP contribution in [0.5, 0.6) is 0 Å². The molecule has 0 fully saturated rings. The van der Waals surface area contributed by atoms with Crippen molar-refractivity contribution < 1.29 is 9.53 Å². The van der Waals surface area contributed by atoms with Gasteiger partial charge in [0.15, 0.2) is 0 Å². The van der Waals surface area contributed by atoms with Crippen molar-refractivity contribution >= 4 is 17.7 Å². The van der Waals surface area contributed by atoms with Gasteiger partial charge in [-0.15, -0.1) is 11.8 Å². The first-order chi connectivity index (χ1) is 9.28. The van der Waals surface area contributed by atoms with Crippen molar-refractivity contribution in [2.24, 2.45) is 0 Å². The van der Waals surface area contributed by atoms with Crippen LogP contribution in [0, 0.1) is 0 Å². The zero-order chi connectivity index (χ0) is 13.5. The first-order valence-corrected chi connectivity index (χ1v) is 7.09. The maximum Gasteiger partial charge on any atom is 0.309 e.